The van der Waals surface area contributed by atoms with Crippen molar-refractivity contribution in [2.45, 2.75) is 19.1 Å². The maximum absolute atomic E-state index is 13.2. The molecule has 0 unspecified atom stereocenters. The summed E-state index contributed by atoms with van der Waals surface area (Å²) in [5.74, 6) is -0.230. The van der Waals surface area contributed by atoms with Crippen molar-refractivity contribution in [3.63, 3.8) is 0 Å². The Labute approximate surface area is 239 Å². The Balaban J connectivity index is 1.49. The summed E-state index contributed by atoms with van der Waals surface area (Å²) in [5.41, 5.74) is 3.33. The van der Waals surface area contributed by atoms with Gasteiger partial charge in [-0.2, -0.15) is 0 Å². The van der Waals surface area contributed by atoms with Gasteiger partial charge >= 0.3 is 6.09 Å². The normalized spacial score (nSPS) is 11.5. The quantitative estimate of drug-likeness (QED) is 0.188. The number of aromatic hydroxyl groups is 1. The number of nitrogens with one attached hydrogen (secondary N) is 2. The molecule has 1 heterocycles. The molecule has 0 aliphatic rings. The fraction of sp³-hybridized carbons (Fsp3) is 0.115. The zero-order valence-corrected chi connectivity index (χ0v) is 23.9. The van der Waals surface area contributed by atoms with Crippen molar-refractivity contribution in [3.05, 3.63) is 96.4 Å². The van der Waals surface area contributed by atoms with E-state index in [1.807, 2.05) is 111 Å². The molecule has 0 radical (unpaired) electrons. The summed E-state index contributed by atoms with van der Waals surface area (Å²) in [6, 6.07) is 21.6. The molecular weight excluding hydrogens is 704 g/mol. The Hall–Kier alpha value is -2.71. The molecule has 0 saturated carbocycles. The van der Waals surface area contributed by atoms with Crippen LogP contribution < -0.4 is 10.6 Å². The molecule has 0 bridgehead atoms. The Morgan fingerprint density at radius 2 is 1.61 bits per heavy atom. The first-order chi connectivity index (χ1) is 17.4. The molecule has 0 aliphatic heterocycles. The molecule has 1 atom stereocenters. The lowest BCUT2D eigenvalue weighted by atomic mass is 10.1. The van der Waals surface area contributed by atoms with E-state index in [0.29, 0.717) is 12.3 Å². The fourth-order valence-corrected chi connectivity index (χ4v) is 5.97. The van der Waals surface area contributed by atoms with Crippen LogP contribution in [-0.4, -0.2) is 28.1 Å². The first-order valence-electron chi connectivity index (χ1n) is 10.8. The molecule has 10 heteroatoms. The fourth-order valence-electron chi connectivity index (χ4n) is 3.35. The van der Waals surface area contributed by atoms with Gasteiger partial charge in [0.1, 0.15) is 18.4 Å². The van der Waals surface area contributed by atoms with Crippen LogP contribution in [0.2, 0.25) is 0 Å². The van der Waals surface area contributed by atoms with Gasteiger partial charge < -0.3 is 20.5 Å². The van der Waals surface area contributed by atoms with Gasteiger partial charge in [-0.15, -0.1) is 11.3 Å². The van der Waals surface area contributed by atoms with Crippen molar-refractivity contribution in [2.24, 2.45) is 0 Å². The van der Waals surface area contributed by atoms with Crippen molar-refractivity contribution in [2.75, 3.05) is 5.32 Å². The SMILES string of the molecule is O=C(N[C@@H](Cc1cc(I)c(O)c(I)c1)C(=O)Nc1nc(-c2ccccc2)cs1)OCc1ccccc1. The van der Waals surface area contributed by atoms with E-state index >= 15 is 0 Å². The number of halogens is 2. The van der Waals surface area contributed by atoms with Crippen LogP contribution in [0, 0.1) is 7.14 Å². The van der Waals surface area contributed by atoms with Gasteiger partial charge in [-0.3, -0.25) is 4.79 Å². The van der Waals surface area contributed by atoms with Crippen LogP contribution in [0.4, 0.5) is 9.93 Å². The number of amides is 2. The molecule has 3 N–H and O–H groups in total. The second-order valence-electron chi connectivity index (χ2n) is 7.76. The van der Waals surface area contributed by atoms with E-state index in [1.54, 1.807) is 12.1 Å². The summed E-state index contributed by atoms with van der Waals surface area (Å²) in [7, 11) is 0. The standard InChI is InChI=1S/C26H21I2N3O4S/c27-19-11-17(12-20(28)23(19)32)13-21(30-26(34)35-14-16-7-3-1-4-8-16)24(33)31-25-29-22(15-36-25)18-9-5-2-6-10-18/h1-12,15,21,32H,13-14H2,(H,30,34)(H,29,31,33)/t21-/m0/s1. The minimum Gasteiger partial charge on any atom is -0.506 e. The predicted octanol–water partition coefficient (Wildman–Crippen LogP) is 6.20. The first kappa shape index (κ1) is 26.4. The van der Waals surface area contributed by atoms with E-state index in [4.69, 9.17) is 4.74 Å². The van der Waals surface area contributed by atoms with E-state index < -0.39 is 18.0 Å². The van der Waals surface area contributed by atoms with Gasteiger partial charge in [-0.05, 0) is 68.4 Å². The lowest BCUT2D eigenvalue weighted by Crippen LogP contribution is -2.45. The molecule has 36 heavy (non-hydrogen) atoms. The number of carbonyl (C=O) groups is 2. The molecule has 184 valence electrons. The summed E-state index contributed by atoms with van der Waals surface area (Å²) in [6.45, 7) is 0.0862. The Morgan fingerprint density at radius 1 is 0.972 bits per heavy atom. The summed E-state index contributed by atoms with van der Waals surface area (Å²) in [5, 5.41) is 17.9. The number of hydrogen-bond acceptors (Lipinski definition) is 6. The largest absolute Gasteiger partial charge is 0.506 e. The van der Waals surface area contributed by atoms with Crippen LogP contribution in [0.3, 0.4) is 0 Å². The van der Waals surface area contributed by atoms with E-state index in [-0.39, 0.29) is 18.8 Å². The van der Waals surface area contributed by atoms with Gasteiger partial charge in [0.15, 0.2) is 5.13 Å². The molecule has 2 amide bonds. The number of benzene rings is 3. The summed E-state index contributed by atoms with van der Waals surface area (Å²) in [6.07, 6.45) is -0.499. The minimum absolute atomic E-state index is 0.0862. The van der Waals surface area contributed by atoms with Gasteiger partial charge in [0.05, 0.1) is 12.8 Å². The monoisotopic (exact) mass is 725 g/mol. The molecule has 0 spiro atoms. The average Bonchev–Trinajstić information content (AvgIpc) is 3.35. The van der Waals surface area contributed by atoms with Crippen molar-refractivity contribution >= 4 is 73.7 Å². The summed E-state index contributed by atoms with van der Waals surface area (Å²) < 4.78 is 6.66. The highest BCUT2D eigenvalue weighted by atomic mass is 127. The van der Waals surface area contributed by atoms with Crippen molar-refractivity contribution in [1.82, 2.24) is 10.3 Å². The van der Waals surface area contributed by atoms with Crippen LogP contribution >= 0.6 is 56.5 Å². The number of nitrogens with zero attached hydrogens (tertiary/aromatic N) is 1. The van der Waals surface area contributed by atoms with Crippen LogP contribution in [0.5, 0.6) is 5.75 Å². The minimum atomic E-state index is -0.923. The average molecular weight is 725 g/mol. The molecular formula is C26H21I2N3O4S. The van der Waals surface area contributed by atoms with Crippen molar-refractivity contribution < 1.29 is 19.4 Å². The highest BCUT2D eigenvalue weighted by Crippen LogP contribution is 2.28. The highest BCUT2D eigenvalue weighted by molar-refractivity contribution is 14.1. The van der Waals surface area contributed by atoms with Gasteiger partial charge in [0.2, 0.25) is 5.91 Å². The maximum Gasteiger partial charge on any atom is 0.408 e. The van der Waals surface area contributed by atoms with Crippen LogP contribution in [0.15, 0.2) is 78.2 Å². The summed E-state index contributed by atoms with van der Waals surface area (Å²) >= 11 is 5.38. The Morgan fingerprint density at radius 3 is 2.28 bits per heavy atom. The number of aromatic nitrogens is 1. The highest BCUT2D eigenvalue weighted by Gasteiger charge is 2.24. The molecule has 3 aromatic carbocycles. The number of phenolic OH excluding ortho intramolecular Hbond substituents is 1. The Kier molecular flexibility index (Phi) is 9.15. The summed E-state index contributed by atoms with van der Waals surface area (Å²) in [4.78, 5) is 30.3. The maximum atomic E-state index is 13.2. The molecule has 1 aromatic heterocycles. The van der Waals surface area contributed by atoms with E-state index in [0.717, 1.165) is 22.4 Å². The zero-order chi connectivity index (χ0) is 25.5. The van der Waals surface area contributed by atoms with Crippen LogP contribution in [0.25, 0.3) is 11.3 Å². The number of carbonyl (C=O) groups excluding carboxylic acids is 2. The van der Waals surface area contributed by atoms with Gasteiger partial charge in [-0.1, -0.05) is 60.7 Å². The molecule has 4 rings (SSSR count). The molecule has 4 aromatic rings. The van der Waals surface area contributed by atoms with Crippen LogP contribution in [-0.2, 0) is 22.6 Å². The number of phenols is 1. The topological polar surface area (TPSA) is 101 Å². The third-order valence-electron chi connectivity index (χ3n) is 5.14. The molecule has 7 nitrogen and oxygen atoms in total. The lowest BCUT2D eigenvalue weighted by molar-refractivity contribution is -0.118. The predicted molar refractivity (Wildman–Crippen MR) is 157 cm³/mol. The van der Waals surface area contributed by atoms with Crippen LogP contribution in [0.1, 0.15) is 11.1 Å². The number of alkyl carbamates (subject to hydrolysis) is 1. The molecule has 0 saturated heterocycles. The Bertz CT molecular complexity index is 1330. The number of rotatable bonds is 8. The number of thiazole rings is 1. The van der Waals surface area contributed by atoms with E-state index in [9.17, 15) is 14.7 Å². The first-order valence-corrected chi connectivity index (χ1v) is 13.9. The number of ether oxygens (including phenoxy) is 1. The number of anilines is 1. The smallest absolute Gasteiger partial charge is 0.408 e. The molecule has 0 aliphatic carbocycles. The van der Waals surface area contributed by atoms with Gasteiger partial charge in [0, 0.05) is 17.4 Å². The van der Waals surface area contributed by atoms with E-state index in [2.05, 4.69) is 15.6 Å². The molecule has 0 fully saturated rings. The lowest BCUT2D eigenvalue weighted by Gasteiger charge is -2.18. The number of hydrogen-bond donors (Lipinski definition) is 3. The van der Waals surface area contributed by atoms with Gasteiger partial charge in [-0.25, -0.2) is 9.78 Å². The van der Waals surface area contributed by atoms with Gasteiger partial charge in [0.25, 0.3) is 0 Å². The third-order valence-corrected chi connectivity index (χ3v) is 7.54. The second kappa shape index (κ2) is 12.5. The van der Waals surface area contributed by atoms with E-state index in [1.165, 1.54) is 11.3 Å². The zero-order valence-electron chi connectivity index (χ0n) is 18.8. The third kappa shape index (κ3) is 7.17. The van der Waals surface area contributed by atoms with Crippen molar-refractivity contribution in [3.8, 4) is 17.0 Å². The second-order valence-corrected chi connectivity index (χ2v) is 10.9. The van der Waals surface area contributed by atoms with Crippen molar-refractivity contribution in [1.29, 1.82) is 0 Å².